The Labute approximate surface area is 516 Å². The van der Waals surface area contributed by atoms with Crippen LogP contribution in [0.25, 0.3) is 106 Å². The maximum atomic E-state index is 5.66. The van der Waals surface area contributed by atoms with Gasteiger partial charge in [-0.25, -0.2) is 19.9 Å². The average Bonchev–Trinajstić information content (AvgIpc) is 1.13. The van der Waals surface area contributed by atoms with Gasteiger partial charge in [-0.2, -0.15) is 0 Å². The predicted octanol–water partition coefficient (Wildman–Crippen LogP) is 18.4. The number of nitrogens with zero attached hydrogens (tertiary/aromatic N) is 7. The Morgan fingerprint density at radius 3 is 1.42 bits per heavy atom. The van der Waals surface area contributed by atoms with Crippen molar-refractivity contribution in [3.05, 3.63) is 315 Å². The molecule has 0 N–H and O–H groups in total. The lowest BCUT2D eigenvalue weighted by molar-refractivity contribution is 1.15. The second-order valence-corrected chi connectivity index (χ2v) is 23.0. The molecule has 0 radical (unpaired) electrons. The molecule has 12 aromatic carbocycles. The molecule has 0 amide bonds. The molecule has 0 saturated carbocycles. The van der Waals surface area contributed by atoms with Crippen LogP contribution in [0, 0.1) is 6.92 Å². The summed E-state index contributed by atoms with van der Waals surface area (Å²) in [5, 5.41) is 2.38. The molecule has 15 aromatic rings. The van der Waals surface area contributed by atoms with Crippen molar-refractivity contribution in [2.75, 3.05) is 9.80 Å². The van der Waals surface area contributed by atoms with E-state index in [-0.39, 0.29) is 6.71 Å². The lowest BCUT2D eigenvalue weighted by atomic mass is 9.33. The predicted molar refractivity (Wildman–Crippen MR) is 369 cm³/mol. The third-order valence-corrected chi connectivity index (χ3v) is 17.7. The number of para-hydroxylation sites is 4. The quantitative estimate of drug-likeness (QED) is 0.127. The van der Waals surface area contributed by atoms with Crippen molar-refractivity contribution in [3.63, 3.8) is 0 Å². The Bertz CT molecular complexity index is 5170. The van der Waals surface area contributed by atoms with Crippen molar-refractivity contribution in [2.45, 2.75) is 6.92 Å². The zero-order valence-corrected chi connectivity index (χ0v) is 48.7. The monoisotopic (exact) mass is 1140 g/mol. The molecule has 0 fully saturated rings. The molecule has 17 rings (SSSR count). The molecule has 0 bridgehead atoms. The molecule has 7 nitrogen and oxygen atoms in total. The number of fused-ring (bicyclic) bond motifs is 7. The zero-order valence-electron chi connectivity index (χ0n) is 48.7. The van der Waals surface area contributed by atoms with Crippen molar-refractivity contribution in [1.29, 1.82) is 0 Å². The molecule has 0 atom stereocenters. The van der Waals surface area contributed by atoms with Crippen LogP contribution < -0.4 is 26.2 Å². The maximum absolute atomic E-state index is 5.66. The van der Waals surface area contributed by atoms with Crippen molar-refractivity contribution >= 4 is 79.0 Å². The van der Waals surface area contributed by atoms with E-state index in [0.717, 1.165) is 95.4 Å². The molecular weight excluding hydrogens is 1080 g/mol. The highest BCUT2D eigenvalue weighted by Crippen LogP contribution is 2.45. The Morgan fingerprint density at radius 2 is 0.753 bits per heavy atom. The summed E-state index contributed by atoms with van der Waals surface area (Å²) in [6.07, 6.45) is 0. The first-order valence-electron chi connectivity index (χ1n) is 30.3. The molecule has 8 heteroatoms. The molecule has 2 aliphatic rings. The number of benzene rings is 12. The van der Waals surface area contributed by atoms with E-state index in [1.165, 1.54) is 55.5 Å². The summed E-state index contributed by atoms with van der Waals surface area (Å²) in [7, 11) is 0. The van der Waals surface area contributed by atoms with Gasteiger partial charge in [0.1, 0.15) is 0 Å². The van der Waals surface area contributed by atoms with Crippen LogP contribution >= 0.6 is 0 Å². The third-order valence-electron chi connectivity index (χ3n) is 17.7. The SMILES string of the molecule is Cc1ccc2c(c1)c1ccccc1n2-c1ccc(-c2cc(-c3ccccc3)nc(-c3ccccc3)n2)cc1-c1cc(-c2ccccc2)nc(-c2cccc(-c3ccc(N4c5ccccc5B5c6ccccc6N(c6ccccc6)c6cccc4c65)cc3)c2)n1. The standard InChI is InChI=1S/C81H54BN7/c1-53-40-46-73-64(48-53)63-32-14-17-35-72(63)89(73)74-47-43-59(70-51-68(55-22-6-2-7-23-55)83-80(85-70)57-26-10-4-11-27-57)50-65(74)71-52-69(56-24-8-3-9-25-56)84-81(86-71)60-29-20-28-58(49-60)54-41-44-62(45-42-54)88-76-37-19-16-34-67(76)82-66-33-15-18-36-75(66)87(61-30-12-5-13-31-61)77-38-21-39-78(88)79(77)82/h2-52H,1H3. The molecule has 416 valence electrons. The van der Waals surface area contributed by atoms with Gasteiger partial charge in [-0.05, 0) is 132 Å². The van der Waals surface area contributed by atoms with Crippen LogP contribution in [0.15, 0.2) is 309 Å². The fraction of sp³-hybridized carbons (Fsp3) is 0.0123. The summed E-state index contributed by atoms with van der Waals surface area (Å²) in [5.74, 6) is 1.27. The molecule has 0 spiro atoms. The molecule has 0 saturated heterocycles. The maximum Gasteiger partial charge on any atom is 0.252 e. The number of hydrogen-bond acceptors (Lipinski definition) is 6. The van der Waals surface area contributed by atoms with Gasteiger partial charge < -0.3 is 14.4 Å². The minimum absolute atomic E-state index is 0.0724. The van der Waals surface area contributed by atoms with Gasteiger partial charge in [-0.3, -0.25) is 0 Å². The third kappa shape index (κ3) is 8.91. The number of aromatic nitrogens is 5. The lowest BCUT2D eigenvalue weighted by Crippen LogP contribution is -2.61. The van der Waals surface area contributed by atoms with Crippen LogP contribution in [0.1, 0.15) is 5.56 Å². The van der Waals surface area contributed by atoms with E-state index < -0.39 is 0 Å². The summed E-state index contributed by atoms with van der Waals surface area (Å²) >= 11 is 0. The van der Waals surface area contributed by atoms with Gasteiger partial charge >= 0.3 is 0 Å². The molecule has 0 unspecified atom stereocenters. The largest absolute Gasteiger partial charge is 0.311 e. The van der Waals surface area contributed by atoms with Gasteiger partial charge in [0.15, 0.2) is 11.6 Å². The summed E-state index contributed by atoms with van der Waals surface area (Å²) in [4.78, 5) is 26.5. The van der Waals surface area contributed by atoms with Gasteiger partial charge in [-0.1, -0.05) is 218 Å². The molecule has 3 aromatic heterocycles. The number of hydrogen-bond donors (Lipinski definition) is 0. The lowest BCUT2D eigenvalue weighted by Gasteiger charge is -2.44. The first-order valence-corrected chi connectivity index (χ1v) is 30.3. The summed E-state index contributed by atoms with van der Waals surface area (Å²) < 4.78 is 2.40. The minimum Gasteiger partial charge on any atom is -0.311 e. The Kier molecular flexibility index (Phi) is 12.4. The van der Waals surface area contributed by atoms with E-state index in [9.17, 15) is 0 Å². The zero-order chi connectivity index (χ0) is 58.9. The van der Waals surface area contributed by atoms with Gasteiger partial charge in [0.2, 0.25) is 0 Å². The number of rotatable bonds is 10. The fourth-order valence-electron chi connectivity index (χ4n) is 13.6. The summed E-state index contributed by atoms with van der Waals surface area (Å²) in [6.45, 7) is 2.23. The van der Waals surface area contributed by atoms with Crippen LogP contribution in [0.5, 0.6) is 0 Å². The summed E-state index contributed by atoms with van der Waals surface area (Å²) in [6, 6.07) is 111. The van der Waals surface area contributed by atoms with Gasteiger partial charge in [0, 0.05) is 78.3 Å². The fourth-order valence-corrected chi connectivity index (χ4v) is 13.6. The summed E-state index contributed by atoms with van der Waals surface area (Å²) in [5.41, 5.74) is 26.4. The second-order valence-electron chi connectivity index (χ2n) is 23.0. The van der Waals surface area contributed by atoms with E-state index in [1.54, 1.807) is 0 Å². The molecular formula is C81H54BN7. The molecule has 89 heavy (non-hydrogen) atoms. The van der Waals surface area contributed by atoms with Crippen LogP contribution in [-0.4, -0.2) is 31.2 Å². The smallest absolute Gasteiger partial charge is 0.252 e. The van der Waals surface area contributed by atoms with Crippen LogP contribution in [0.2, 0.25) is 0 Å². The van der Waals surface area contributed by atoms with Crippen LogP contribution in [0.4, 0.5) is 34.1 Å². The molecule has 5 heterocycles. The Balaban J connectivity index is 0.808. The van der Waals surface area contributed by atoms with E-state index in [2.05, 4.69) is 306 Å². The van der Waals surface area contributed by atoms with Crippen LogP contribution in [0.3, 0.4) is 0 Å². The van der Waals surface area contributed by atoms with Gasteiger partial charge in [-0.15, -0.1) is 0 Å². The first kappa shape index (κ1) is 51.7. The highest BCUT2D eigenvalue weighted by molar-refractivity contribution is 7.00. The highest BCUT2D eigenvalue weighted by Gasteiger charge is 2.42. The number of anilines is 6. The van der Waals surface area contributed by atoms with Crippen molar-refractivity contribution in [1.82, 2.24) is 24.5 Å². The molecule has 2 aliphatic heterocycles. The minimum atomic E-state index is 0.0724. The average molecular weight is 1140 g/mol. The van der Waals surface area contributed by atoms with Gasteiger partial charge in [0.05, 0.1) is 39.5 Å². The van der Waals surface area contributed by atoms with E-state index in [0.29, 0.717) is 11.6 Å². The van der Waals surface area contributed by atoms with Crippen molar-refractivity contribution in [3.8, 4) is 84.6 Å². The topological polar surface area (TPSA) is 63.0 Å². The van der Waals surface area contributed by atoms with E-state index in [1.807, 2.05) is 24.3 Å². The van der Waals surface area contributed by atoms with E-state index in [4.69, 9.17) is 19.9 Å². The normalized spacial score (nSPS) is 12.3. The van der Waals surface area contributed by atoms with Crippen LogP contribution in [-0.2, 0) is 0 Å². The van der Waals surface area contributed by atoms with Gasteiger partial charge in [0.25, 0.3) is 6.71 Å². The Hall–Kier alpha value is -11.7. The highest BCUT2D eigenvalue weighted by atomic mass is 15.2. The Morgan fingerprint density at radius 1 is 0.281 bits per heavy atom. The second kappa shape index (κ2) is 21.3. The number of aryl methyl sites for hydroxylation is 1. The van der Waals surface area contributed by atoms with Crippen molar-refractivity contribution < 1.29 is 0 Å². The first-order chi connectivity index (χ1) is 44.0. The van der Waals surface area contributed by atoms with Crippen molar-refractivity contribution in [2.24, 2.45) is 0 Å². The van der Waals surface area contributed by atoms with E-state index >= 15 is 0 Å². The molecule has 0 aliphatic carbocycles.